The minimum Gasteiger partial charge on any atom is -0.332 e. The zero-order chi connectivity index (χ0) is 14.7. The van der Waals surface area contributed by atoms with Gasteiger partial charge in [-0.1, -0.05) is 12.1 Å². The largest absolute Gasteiger partial charge is 0.332 e. The Bertz CT molecular complexity index is 529. The molecule has 1 fully saturated rings. The fourth-order valence-corrected chi connectivity index (χ4v) is 4.33. The number of carbonyl (C=O) groups is 1. The summed E-state index contributed by atoms with van der Waals surface area (Å²) in [6.45, 7) is 1.42. The molecule has 0 spiro atoms. The van der Waals surface area contributed by atoms with Crippen molar-refractivity contribution >= 4 is 28.6 Å². The molecule has 3 rings (SSSR count). The fraction of sp³-hybridized carbons (Fsp3) is 0.438. The zero-order valence-electron chi connectivity index (χ0n) is 11.9. The summed E-state index contributed by atoms with van der Waals surface area (Å²) in [7, 11) is 0. The monoisotopic (exact) mass is 320 g/mol. The highest BCUT2D eigenvalue weighted by molar-refractivity contribution is 7.10. The Morgan fingerprint density at radius 1 is 1.14 bits per heavy atom. The number of nitrogens with zero attached hydrogens (tertiary/aromatic N) is 1. The van der Waals surface area contributed by atoms with Crippen LogP contribution < -0.4 is 5.73 Å². The minimum atomic E-state index is 0.111. The van der Waals surface area contributed by atoms with Crippen LogP contribution in [0.3, 0.4) is 0 Å². The number of hydrogen-bond acceptors (Lipinski definition) is 4. The highest BCUT2D eigenvalue weighted by atomic mass is 32.1. The van der Waals surface area contributed by atoms with E-state index in [1.165, 1.54) is 9.75 Å². The second-order valence-corrected chi connectivity index (χ2v) is 7.69. The van der Waals surface area contributed by atoms with Crippen LogP contribution in [-0.2, 0) is 17.9 Å². The molecular weight excluding hydrogens is 300 g/mol. The Balaban J connectivity index is 1.72. The number of amides is 1. The van der Waals surface area contributed by atoms with Crippen molar-refractivity contribution in [3.63, 3.8) is 0 Å². The zero-order valence-corrected chi connectivity index (χ0v) is 13.5. The van der Waals surface area contributed by atoms with E-state index >= 15 is 0 Å². The van der Waals surface area contributed by atoms with Crippen molar-refractivity contribution in [2.75, 3.05) is 0 Å². The van der Waals surface area contributed by atoms with Crippen molar-refractivity contribution in [1.29, 1.82) is 0 Å². The van der Waals surface area contributed by atoms with Gasteiger partial charge in [0.2, 0.25) is 5.91 Å². The molecule has 1 amide bonds. The van der Waals surface area contributed by atoms with E-state index in [4.69, 9.17) is 5.73 Å². The van der Waals surface area contributed by atoms with Gasteiger partial charge in [-0.2, -0.15) is 0 Å². The van der Waals surface area contributed by atoms with Crippen LogP contribution in [-0.4, -0.2) is 16.8 Å². The summed E-state index contributed by atoms with van der Waals surface area (Å²) in [5.41, 5.74) is 5.97. The third-order valence-electron chi connectivity index (χ3n) is 3.99. The molecule has 2 N–H and O–H groups in total. The maximum atomic E-state index is 12.8. The topological polar surface area (TPSA) is 46.3 Å². The quantitative estimate of drug-likeness (QED) is 0.917. The molecule has 2 aromatic heterocycles. The molecule has 1 aliphatic rings. The van der Waals surface area contributed by atoms with Crippen LogP contribution in [0.1, 0.15) is 29.0 Å². The van der Waals surface area contributed by atoms with Gasteiger partial charge in [-0.3, -0.25) is 4.79 Å². The van der Waals surface area contributed by atoms with Gasteiger partial charge in [0.25, 0.3) is 0 Å². The van der Waals surface area contributed by atoms with Crippen molar-refractivity contribution in [3.05, 3.63) is 44.8 Å². The molecule has 2 heterocycles. The molecule has 2 atom stereocenters. The van der Waals surface area contributed by atoms with Gasteiger partial charge in [0.15, 0.2) is 0 Å². The smallest absolute Gasteiger partial charge is 0.226 e. The number of rotatable bonds is 5. The van der Waals surface area contributed by atoms with Gasteiger partial charge >= 0.3 is 0 Å². The molecule has 5 heteroatoms. The Kier molecular flexibility index (Phi) is 4.73. The maximum absolute atomic E-state index is 12.8. The van der Waals surface area contributed by atoms with Gasteiger partial charge < -0.3 is 10.6 Å². The van der Waals surface area contributed by atoms with Gasteiger partial charge in [-0.15, -0.1) is 22.7 Å². The van der Waals surface area contributed by atoms with Crippen LogP contribution in [0.25, 0.3) is 0 Å². The van der Waals surface area contributed by atoms with E-state index in [1.54, 1.807) is 22.7 Å². The average molecular weight is 320 g/mol. The molecule has 0 aliphatic heterocycles. The van der Waals surface area contributed by atoms with E-state index in [2.05, 4.69) is 22.9 Å². The standard InChI is InChI=1S/C16H20N2OS2/c17-13-6-5-12(9-13)16(19)18(10-14-3-1-7-20-14)11-15-4-2-8-21-15/h1-4,7-8,12-13H,5-6,9-11,17H2/t12-,13-/m0/s1. The molecular formula is C16H20N2OS2. The Morgan fingerprint density at radius 3 is 2.19 bits per heavy atom. The molecule has 1 saturated carbocycles. The molecule has 1 aliphatic carbocycles. The lowest BCUT2D eigenvalue weighted by molar-refractivity contribution is -0.136. The second kappa shape index (κ2) is 6.73. The Hall–Kier alpha value is -1.17. The summed E-state index contributed by atoms with van der Waals surface area (Å²) in [4.78, 5) is 17.3. The average Bonchev–Trinajstić information content (AvgIpc) is 3.19. The third-order valence-corrected chi connectivity index (χ3v) is 5.71. The van der Waals surface area contributed by atoms with E-state index in [0.717, 1.165) is 19.3 Å². The molecule has 112 valence electrons. The van der Waals surface area contributed by atoms with Crippen LogP contribution in [0, 0.1) is 5.92 Å². The highest BCUT2D eigenvalue weighted by Crippen LogP contribution is 2.28. The number of hydrogen-bond donors (Lipinski definition) is 1. The van der Waals surface area contributed by atoms with Gasteiger partial charge in [-0.05, 0) is 42.2 Å². The Morgan fingerprint density at radius 2 is 1.76 bits per heavy atom. The van der Waals surface area contributed by atoms with Crippen molar-refractivity contribution in [3.8, 4) is 0 Å². The summed E-state index contributed by atoms with van der Waals surface area (Å²) in [6, 6.07) is 8.47. The van der Waals surface area contributed by atoms with E-state index in [0.29, 0.717) is 13.1 Å². The van der Waals surface area contributed by atoms with E-state index < -0.39 is 0 Å². The van der Waals surface area contributed by atoms with Gasteiger partial charge in [0.05, 0.1) is 13.1 Å². The Labute approximate surface area is 133 Å². The van der Waals surface area contributed by atoms with Crippen molar-refractivity contribution in [2.24, 2.45) is 11.7 Å². The lowest BCUT2D eigenvalue weighted by Crippen LogP contribution is -2.34. The molecule has 0 unspecified atom stereocenters. The van der Waals surface area contributed by atoms with Gasteiger partial charge in [0.1, 0.15) is 0 Å². The molecule has 0 bridgehead atoms. The summed E-state index contributed by atoms with van der Waals surface area (Å²) < 4.78 is 0. The van der Waals surface area contributed by atoms with Crippen molar-refractivity contribution in [1.82, 2.24) is 4.90 Å². The van der Waals surface area contributed by atoms with Gasteiger partial charge in [0, 0.05) is 21.7 Å². The van der Waals surface area contributed by atoms with Crippen LogP contribution in [0.5, 0.6) is 0 Å². The number of nitrogens with two attached hydrogens (primary N) is 1. The van der Waals surface area contributed by atoms with E-state index in [9.17, 15) is 4.79 Å². The first-order valence-electron chi connectivity index (χ1n) is 7.31. The van der Waals surface area contributed by atoms with E-state index in [-0.39, 0.29) is 17.9 Å². The van der Waals surface area contributed by atoms with Gasteiger partial charge in [-0.25, -0.2) is 0 Å². The van der Waals surface area contributed by atoms with Crippen molar-refractivity contribution < 1.29 is 4.79 Å². The highest BCUT2D eigenvalue weighted by Gasteiger charge is 2.31. The maximum Gasteiger partial charge on any atom is 0.226 e. The second-order valence-electron chi connectivity index (χ2n) is 5.62. The van der Waals surface area contributed by atoms with Crippen LogP contribution >= 0.6 is 22.7 Å². The SMILES string of the molecule is N[C@H]1CC[C@H](C(=O)N(Cc2cccs2)Cc2cccs2)C1. The van der Waals surface area contributed by atoms with Crippen LogP contribution in [0.15, 0.2) is 35.0 Å². The fourth-order valence-electron chi connectivity index (χ4n) is 2.89. The first kappa shape index (κ1) is 14.8. The van der Waals surface area contributed by atoms with Crippen LogP contribution in [0.4, 0.5) is 0 Å². The number of carbonyl (C=O) groups excluding carboxylic acids is 1. The van der Waals surface area contributed by atoms with Crippen LogP contribution in [0.2, 0.25) is 0 Å². The summed E-state index contributed by atoms with van der Waals surface area (Å²) in [6.07, 6.45) is 2.75. The lowest BCUT2D eigenvalue weighted by atomic mass is 10.1. The summed E-state index contributed by atoms with van der Waals surface area (Å²) >= 11 is 3.42. The van der Waals surface area contributed by atoms with E-state index in [1.807, 2.05) is 17.0 Å². The first-order valence-corrected chi connectivity index (χ1v) is 9.07. The number of thiophene rings is 2. The molecule has 0 aromatic carbocycles. The lowest BCUT2D eigenvalue weighted by Gasteiger charge is -2.25. The summed E-state index contributed by atoms with van der Waals surface area (Å²) in [5, 5.41) is 4.13. The van der Waals surface area contributed by atoms with Crippen molar-refractivity contribution in [2.45, 2.75) is 38.4 Å². The summed E-state index contributed by atoms with van der Waals surface area (Å²) in [5.74, 6) is 0.379. The first-order chi connectivity index (χ1) is 10.2. The predicted molar refractivity (Wildman–Crippen MR) is 88.2 cm³/mol. The molecule has 3 nitrogen and oxygen atoms in total. The minimum absolute atomic E-state index is 0.111. The molecule has 0 saturated heterocycles. The molecule has 2 aromatic rings. The molecule has 0 radical (unpaired) electrons. The normalized spacial score (nSPS) is 21.6. The molecule has 21 heavy (non-hydrogen) atoms. The predicted octanol–water partition coefficient (Wildman–Crippen LogP) is 3.47. The third kappa shape index (κ3) is 3.73.